The Morgan fingerprint density at radius 2 is 1.50 bits per heavy atom. The van der Waals surface area contributed by atoms with Gasteiger partial charge in [-0.2, -0.15) is 5.26 Å². The molecule has 3 aromatic rings. The Bertz CT molecular complexity index is 1040. The monoisotopic (exact) mass is 483 g/mol. The molecule has 4 rings (SSSR count). The van der Waals surface area contributed by atoms with Crippen LogP contribution in [0.3, 0.4) is 0 Å². The number of nitrogens with zero attached hydrogens (tertiary/aromatic N) is 3. The summed E-state index contributed by atoms with van der Waals surface area (Å²) in [6.07, 6.45) is 17.2. The minimum Gasteiger partial charge on any atom is -0.492 e. The van der Waals surface area contributed by atoms with E-state index in [4.69, 9.17) is 10.00 Å². The van der Waals surface area contributed by atoms with Crippen LogP contribution < -0.4 is 4.74 Å². The summed E-state index contributed by atoms with van der Waals surface area (Å²) in [7, 11) is 0. The molecule has 0 amide bonds. The molecule has 0 spiro atoms. The van der Waals surface area contributed by atoms with Crippen molar-refractivity contribution in [3.63, 3.8) is 0 Å². The zero-order chi connectivity index (χ0) is 25.4. The molecule has 1 heterocycles. The number of para-hydroxylation sites is 1. The zero-order valence-electron chi connectivity index (χ0n) is 22.0. The van der Waals surface area contributed by atoms with Gasteiger partial charge in [-0.1, -0.05) is 88.4 Å². The number of nitriles is 1. The summed E-state index contributed by atoms with van der Waals surface area (Å²) in [5.74, 6) is 3.16. The van der Waals surface area contributed by atoms with E-state index in [1.54, 1.807) is 6.07 Å². The third-order valence-corrected chi connectivity index (χ3v) is 7.00. The Morgan fingerprint density at radius 3 is 2.17 bits per heavy atom. The fourth-order valence-electron chi connectivity index (χ4n) is 4.76. The Hall–Kier alpha value is -3.19. The topological polar surface area (TPSA) is 58.8 Å². The number of aromatic nitrogens is 2. The second kappa shape index (κ2) is 15.7. The lowest BCUT2D eigenvalue weighted by Gasteiger charge is -2.28. The molecule has 0 radical (unpaired) electrons. The molecular formula is C32H41N3O. The van der Waals surface area contributed by atoms with Crippen LogP contribution in [0.5, 0.6) is 5.75 Å². The van der Waals surface area contributed by atoms with Gasteiger partial charge in [-0.15, -0.1) is 0 Å². The molecule has 1 saturated carbocycles. The van der Waals surface area contributed by atoms with E-state index in [2.05, 4.69) is 54.4 Å². The summed E-state index contributed by atoms with van der Waals surface area (Å²) in [6.45, 7) is 5.09. The van der Waals surface area contributed by atoms with Crippen molar-refractivity contribution in [2.24, 2.45) is 5.92 Å². The number of rotatable bonds is 10. The van der Waals surface area contributed by atoms with Crippen molar-refractivity contribution in [1.29, 1.82) is 5.26 Å². The van der Waals surface area contributed by atoms with Crippen LogP contribution in [0.4, 0.5) is 0 Å². The van der Waals surface area contributed by atoms with E-state index in [1.165, 1.54) is 56.9 Å². The standard InChI is InChI=1S/C21H28N2.C11H13NO/c1-2-3-5-8-17-11-13-18(14-12-17)20-15-22-21(23-16-20)19-9-6-4-7-10-19;1-2-3-8-13-11-7-5-4-6-10(11)9-12/h4,6-7,9-10,15-18H,2-3,5,8,11-14H2,1H3;4-7H,2-3,8H2,1H3. The SMILES string of the molecule is CCCCCC1CCC(c2cnc(-c3ccccc3)nc2)CC1.CCCCOc1ccccc1C#N. The van der Waals surface area contributed by atoms with Gasteiger partial charge in [0.25, 0.3) is 0 Å². The zero-order valence-corrected chi connectivity index (χ0v) is 22.0. The predicted molar refractivity (Wildman–Crippen MR) is 148 cm³/mol. The lowest BCUT2D eigenvalue weighted by atomic mass is 9.77. The van der Waals surface area contributed by atoms with Gasteiger partial charge in [0.15, 0.2) is 5.82 Å². The maximum Gasteiger partial charge on any atom is 0.159 e. The molecule has 4 nitrogen and oxygen atoms in total. The summed E-state index contributed by atoms with van der Waals surface area (Å²) >= 11 is 0. The second-order valence-corrected chi connectivity index (χ2v) is 9.73. The smallest absolute Gasteiger partial charge is 0.159 e. The van der Waals surface area contributed by atoms with E-state index in [1.807, 2.05) is 36.4 Å². The molecule has 1 aliphatic carbocycles. The van der Waals surface area contributed by atoms with E-state index in [-0.39, 0.29) is 0 Å². The minimum absolute atomic E-state index is 0.610. The van der Waals surface area contributed by atoms with E-state index in [0.29, 0.717) is 23.8 Å². The number of unbranched alkanes of at least 4 members (excludes halogenated alkanes) is 3. The van der Waals surface area contributed by atoms with Gasteiger partial charge in [0.1, 0.15) is 11.8 Å². The van der Waals surface area contributed by atoms with Crippen LogP contribution in [-0.4, -0.2) is 16.6 Å². The van der Waals surface area contributed by atoms with Gasteiger partial charge >= 0.3 is 0 Å². The number of benzene rings is 2. The molecule has 2 aromatic carbocycles. The Kier molecular flexibility index (Phi) is 12.0. The maximum atomic E-state index is 8.74. The largest absolute Gasteiger partial charge is 0.492 e. The first-order valence-electron chi connectivity index (χ1n) is 13.7. The maximum absolute atomic E-state index is 8.74. The molecule has 1 aromatic heterocycles. The first-order chi connectivity index (χ1) is 17.7. The lowest BCUT2D eigenvalue weighted by Crippen LogP contribution is -2.13. The predicted octanol–water partition coefficient (Wildman–Crippen LogP) is 8.73. The van der Waals surface area contributed by atoms with Crippen molar-refractivity contribution in [3.05, 3.63) is 78.1 Å². The molecule has 0 atom stereocenters. The number of hydrogen-bond acceptors (Lipinski definition) is 4. The third-order valence-electron chi connectivity index (χ3n) is 7.00. The van der Waals surface area contributed by atoms with Crippen LogP contribution in [0.2, 0.25) is 0 Å². The van der Waals surface area contributed by atoms with Gasteiger partial charge in [0.2, 0.25) is 0 Å². The highest BCUT2D eigenvalue weighted by Crippen LogP contribution is 2.37. The number of hydrogen-bond donors (Lipinski definition) is 0. The molecule has 0 N–H and O–H groups in total. The molecule has 36 heavy (non-hydrogen) atoms. The molecule has 0 bridgehead atoms. The molecule has 190 valence electrons. The highest BCUT2D eigenvalue weighted by Gasteiger charge is 2.22. The Labute approximate surface area is 217 Å². The van der Waals surface area contributed by atoms with Gasteiger partial charge < -0.3 is 4.74 Å². The van der Waals surface area contributed by atoms with Crippen LogP contribution in [0.1, 0.15) is 95.1 Å². The van der Waals surface area contributed by atoms with E-state index >= 15 is 0 Å². The first kappa shape index (κ1) is 27.4. The molecule has 1 aliphatic rings. The van der Waals surface area contributed by atoms with E-state index in [9.17, 15) is 0 Å². The van der Waals surface area contributed by atoms with Crippen molar-refractivity contribution in [2.75, 3.05) is 6.61 Å². The van der Waals surface area contributed by atoms with Crippen LogP contribution in [0, 0.1) is 17.2 Å². The van der Waals surface area contributed by atoms with Crippen LogP contribution in [-0.2, 0) is 0 Å². The van der Waals surface area contributed by atoms with Crippen molar-refractivity contribution in [3.8, 4) is 23.2 Å². The third kappa shape index (κ3) is 8.79. The Morgan fingerprint density at radius 1 is 0.833 bits per heavy atom. The van der Waals surface area contributed by atoms with Crippen molar-refractivity contribution >= 4 is 0 Å². The average Bonchev–Trinajstić information content (AvgIpc) is 2.95. The van der Waals surface area contributed by atoms with Crippen LogP contribution in [0.15, 0.2) is 67.0 Å². The molecule has 0 unspecified atom stereocenters. The fraction of sp³-hybridized carbons (Fsp3) is 0.469. The molecule has 0 saturated heterocycles. The highest BCUT2D eigenvalue weighted by atomic mass is 16.5. The quantitative estimate of drug-likeness (QED) is 0.270. The second-order valence-electron chi connectivity index (χ2n) is 9.73. The fourth-order valence-corrected chi connectivity index (χ4v) is 4.76. The van der Waals surface area contributed by atoms with Gasteiger partial charge in [-0.3, -0.25) is 0 Å². The lowest BCUT2D eigenvalue weighted by molar-refractivity contribution is 0.302. The van der Waals surface area contributed by atoms with E-state index < -0.39 is 0 Å². The Balaban J connectivity index is 0.000000236. The summed E-state index contributed by atoms with van der Waals surface area (Å²) in [6, 6.07) is 19.6. The number of ether oxygens (including phenoxy) is 1. The van der Waals surface area contributed by atoms with Gasteiger partial charge in [0, 0.05) is 18.0 Å². The van der Waals surface area contributed by atoms with Crippen molar-refractivity contribution in [2.45, 2.75) is 84.0 Å². The normalized spacial score (nSPS) is 16.9. The summed E-state index contributed by atoms with van der Waals surface area (Å²) in [5.41, 5.74) is 3.04. The van der Waals surface area contributed by atoms with E-state index in [0.717, 1.165) is 30.1 Å². The highest BCUT2D eigenvalue weighted by molar-refractivity contribution is 5.54. The van der Waals surface area contributed by atoms with Crippen LogP contribution >= 0.6 is 0 Å². The average molecular weight is 484 g/mol. The molecular weight excluding hydrogens is 442 g/mol. The molecule has 4 heteroatoms. The first-order valence-corrected chi connectivity index (χ1v) is 13.7. The van der Waals surface area contributed by atoms with Gasteiger partial charge in [-0.05, 0) is 61.6 Å². The summed E-state index contributed by atoms with van der Waals surface area (Å²) in [5, 5.41) is 8.74. The van der Waals surface area contributed by atoms with Gasteiger partial charge in [0.05, 0.1) is 12.2 Å². The molecule has 1 fully saturated rings. The van der Waals surface area contributed by atoms with Crippen molar-refractivity contribution < 1.29 is 4.74 Å². The summed E-state index contributed by atoms with van der Waals surface area (Å²) < 4.78 is 5.45. The minimum atomic E-state index is 0.610. The van der Waals surface area contributed by atoms with Crippen LogP contribution in [0.25, 0.3) is 11.4 Å². The summed E-state index contributed by atoms with van der Waals surface area (Å²) in [4.78, 5) is 9.19. The molecule has 0 aliphatic heterocycles. The van der Waals surface area contributed by atoms with Gasteiger partial charge in [-0.25, -0.2) is 9.97 Å². The van der Waals surface area contributed by atoms with Crippen molar-refractivity contribution in [1.82, 2.24) is 9.97 Å².